The molecule has 1 aromatic rings. The molecule has 3 heteroatoms. The molecule has 2 nitrogen and oxygen atoms in total. The Kier molecular flexibility index (Phi) is 5.12. The number of allylic oxidation sites excluding steroid dienone is 2. The number of benzene rings is 1. The minimum atomic E-state index is -3.40. The van der Waals surface area contributed by atoms with E-state index in [-0.39, 0.29) is 0 Å². The highest BCUT2D eigenvalue weighted by molar-refractivity contribution is 7.93. The summed E-state index contributed by atoms with van der Waals surface area (Å²) in [4.78, 5) is 0.356. The highest BCUT2D eigenvalue weighted by Gasteiger charge is 2.36. The Labute approximate surface area is 116 Å². The molecule has 0 spiro atoms. The molecule has 0 fully saturated rings. The molecule has 0 aromatic heterocycles. The summed E-state index contributed by atoms with van der Waals surface area (Å²) in [5.74, 6) is 0. The van der Waals surface area contributed by atoms with E-state index in [1.54, 1.807) is 37.3 Å². The molecule has 19 heavy (non-hydrogen) atoms. The van der Waals surface area contributed by atoms with Crippen LogP contribution in [0.2, 0.25) is 0 Å². The molecular weight excluding hydrogens is 256 g/mol. The Balaban J connectivity index is 3.08. The molecule has 1 aromatic carbocycles. The van der Waals surface area contributed by atoms with Crippen molar-refractivity contribution in [3.8, 4) is 0 Å². The first-order valence-electron chi connectivity index (χ1n) is 6.40. The van der Waals surface area contributed by atoms with E-state index in [9.17, 15) is 8.42 Å². The van der Waals surface area contributed by atoms with Crippen molar-refractivity contribution >= 4 is 9.84 Å². The number of hydrogen-bond donors (Lipinski definition) is 0. The number of rotatable bonds is 6. The lowest BCUT2D eigenvalue weighted by Crippen LogP contribution is -2.33. The minimum absolute atomic E-state index is 0.356. The fraction of sp³-hybridized carbons (Fsp3) is 0.375. The van der Waals surface area contributed by atoms with Crippen LogP contribution in [0.5, 0.6) is 0 Å². The summed E-state index contributed by atoms with van der Waals surface area (Å²) in [7, 11) is -3.40. The predicted molar refractivity (Wildman–Crippen MR) is 80.9 cm³/mol. The first-order valence-corrected chi connectivity index (χ1v) is 7.88. The van der Waals surface area contributed by atoms with Gasteiger partial charge in [-0.1, -0.05) is 35.9 Å². The van der Waals surface area contributed by atoms with Crippen molar-refractivity contribution < 1.29 is 8.42 Å². The molecule has 0 saturated carbocycles. The van der Waals surface area contributed by atoms with Gasteiger partial charge in [-0.15, -0.1) is 6.58 Å². The van der Waals surface area contributed by atoms with E-state index < -0.39 is 14.6 Å². The molecule has 1 atom stereocenters. The van der Waals surface area contributed by atoms with E-state index >= 15 is 0 Å². The molecular formula is C16H22O2S. The molecule has 0 bridgehead atoms. The molecule has 0 aliphatic carbocycles. The molecule has 0 heterocycles. The average molecular weight is 278 g/mol. The van der Waals surface area contributed by atoms with Crippen LogP contribution in [0.15, 0.2) is 59.5 Å². The van der Waals surface area contributed by atoms with Crippen molar-refractivity contribution in [2.24, 2.45) is 0 Å². The monoisotopic (exact) mass is 278 g/mol. The lowest BCUT2D eigenvalue weighted by molar-refractivity contribution is 0.551. The first kappa shape index (κ1) is 15.7. The van der Waals surface area contributed by atoms with Crippen LogP contribution in [-0.2, 0) is 9.84 Å². The average Bonchev–Trinajstić information content (AvgIpc) is 2.38. The predicted octanol–water partition coefficient (Wildman–Crippen LogP) is 4.15. The van der Waals surface area contributed by atoms with Crippen LogP contribution in [-0.4, -0.2) is 13.2 Å². The standard InChI is InChI=1S/C16H22O2S/c1-5-16(4,13-9-10-14(2)3)19(17,18)15-11-7-6-8-12-15/h5-8,10-12H,1,9,13H2,2-4H3/t16-/m0/s1. The van der Waals surface area contributed by atoms with Crippen molar-refractivity contribution in [1.82, 2.24) is 0 Å². The molecule has 0 aliphatic rings. The van der Waals surface area contributed by atoms with Gasteiger partial charge in [-0.05, 0) is 45.7 Å². The van der Waals surface area contributed by atoms with Crippen molar-refractivity contribution in [2.75, 3.05) is 0 Å². The summed E-state index contributed by atoms with van der Waals surface area (Å²) in [6.07, 6.45) is 4.88. The van der Waals surface area contributed by atoms with Crippen molar-refractivity contribution in [2.45, 2.75) is 43.3 Å². The van der Waals surface area contributed by atoms with Gasteiger partial charge in [0.15, 0.2) is 9.84 Å². The summed E-state index contributed by atoms with van der Waals surface area (Å²) < 4.78 is 24.4. The van der Waals surface area contributed by atoms with E-state index in [0.29, 0.717) is 11.3 Å². The third kappa shape index (κ3) is 3.57. The van der Waals surface area contributed by atoms with Crippen LogP contribution in [0.25, 0.3) is 0 Å². The maximum absolute atomic E-state index is 12.7. The zero-order chi connectivity index (χ0) is 14.5. The third-order valence-corrected chi connectivity index (χ3v) is 5.78. The van der Waals surface area contributed by atoms with Crippen molar-refractivity contribution in [3.63, 3.8) is 0 Å². The summed E-state index contributed by atoms with van der Waals surface area (Å²) in [5.41, 5.74) is 1.20. The Morgan fingerprint density at radius 1 is 1.26 bits per heavy atom. The Morgan fingerprint density at radius 3 is 2.32 bits per heavy atom. The molecule has 104 valence electrons. The van der Waals surface area contributed by atoms with E-state index in [4.69, 9.17) is 0 Å². The maximum atomic E-state index is 12.7. The van der Waals surface area contributed by atoms with E-state index in [1.165, 1.54) is 5.57 Å². The number of sulfone groups is 1. The summed E-state index contributed by atoms with van der Waals surface area (Å²) in [6, 6.07) is 8.57. The lowest BCUT2D eigenvalue weighted by Gasteiger charge is -2.25. The van der Waals surface area contributed by atoms with Crippen LogP contribution < -0.4 is 0 Å². The highest BCUT2D eigenvalue weighted by Crippen LogP contribution is 2.31. The van der Waals surface area contributed by atoms with Crippen LogP contribution in [0.4, 0.5) is 0 Å². The van der Waals surface area contributed by atoms with Crippen LogP contribution in [0.1, 0.15) is 33.6 Å². The first-order chi connectivity index (χ1) is 8.83. The summed E-state index contributed by atoms with van der Waals surface area (Å²) >= 11 is 0. The highest BCUT2D eigenvalue weighted by atomic mass is 32.2. The van der Waals surface area contributed by atoms with Gasteiger partial charge in [0.25, 0.3) is 0 Å². The molecule has 0 unspecified atom stereocenters. The van der Waals surface area contributed by atoms with E-state index in [1.807, 2.05) is 19.9 Å². The van der Waals surface area contributed by atoms with Gasteiger partial charge in [0.05, 0.1) is 9.64 Å². The van der Waals surface area contributed by atoms with Gasteiger partial charge < -0.3 is 0 Å². The largest absolute Gasteiger partial charge is 0.223 e. The lowest BCUT2D eigenvalue weighted by atomic mass is 10.0. The molecule has 0 radical (unpaired) electrons. The van der Waals surface area contributed by atoms with E-state index in [0.717, 1.165) is 6.42 Å². The van der Waals surface area contributed by atoms with E-state index in [2.05, 4.69) is 12.7 Å². The Bertz CT molecular complexity index is 552. The quantitative estimate of drug-likeness (QED) is 0.732. The van der Waals surface area contributed by atoms with Crippen LogP contribution >= 0.6 is 0 Å². The summed E-state index contributed by atoms with van der Waals surface area (Å²) in [6.45, 7) is 9.48. The van der Waals surface area contributed by atoms with Crippen LogP contribution in [0.3, 0.4) is 0 Å². The fourth-order valence-electron chi connectivity index (χ4n) is 1.86. The zero-order valence-electron chi connectivity index (χ0n) is 11.9. The minimum Gasteiger partial charge on any atom is -0.223 e. The van der Waals surface area contributed by atoms with Gasteiger partial charge in [-0.2, -0.15) is 0 Å². The smallest absolute Gasteiger partial charge is 0.187 e. The van der Waals surface area contributed by atoms with Gasteiger partial charge in [-0.25, -0.2) is 8.42 Å². The summed E-state index contributed by atoms with van der Waals surface area (Å²) in [5, 5.41) is 0. The molecule has 0 N–H and O–H groups in total. The van der Waals surface area contributed by atoms with Gasteiger partial charge in [0.2, 0.25) is 0 Å². The maximum Gasteiger partial charge on any atom is 0.187 e. The second kappa shape index (κ2) is 6.20. The molecule has 0 aliphatic heterocycles. The molecule has 0 amide bonds. The van der Waals surface area contributed by atoms with Crippen molar-refractivity contribution in [1.29, 1.82) is 0 Å². The fourth-order valence-corrected chi connectivity index (χ4v) is 3.52. The number of hydrogen-bond acceptors (Lipinski definition) is 2. The topological polar surface area (TPSA) is 34.1 Å². The van der Waals surface area contributed by atoms with Gasteiger partial charge in [0.1, 0.15) is 0 Å². The second-order valence-electron chi connectivity index (χ2n) is 5.15. The zero-order valence-corrected chi connectivity index (χ0v) is 12.7. The second-order valence-corrected chi connectivity index (χ2v) is 7.56. The Hall–Kier alpha value is -1.35. The van der Waals surface area contributed by atoms with Gasteiger partial charge in [-0.3, -0.25) is 0 Å². The molecule has 1 rings (SSSR count). The molecule has 0 saturated heterocycles. The van der Waals surface area contributed by atoms with Gasteiger partial charge >= 0.3 is 0 Å². The normalized spacial score (nSPS) is 14.5. The third-order valence-electron chi connectivity index (χ3n) is 3.29. The van der Waals surface area contributed by atoms with Crippen molar-refractivity contribution in [3.05, 3.63) is 54.6 Å². The Morgan fingerprint density at radius 2 is 1.84 bits per heavy atom. The van der Waals surface area contributed by atoms with Crippen LogP contribution in [0, 0.1) is 0 Å². The van der Waals surface area contributed by atoms with Gasteiger partial charge in [0, 0.05) is 0 Å². The SMILES string of the molecule is C=C[C@@](C)(CCC=C(C)C)S(=O)(=O)c1ccccc1.